The molecule has 0 aliphatic rings. The van der Waals surface area contributed by atoms with Gasteiger partial charge >= 0.3 is 18.2 Å². The van der Waals surface area contributed by atoms with Crippen LogP contribution in [0.4, 0.5) is 9.59 Å². The molecule has 0 saturated heterocycles. The SMILES string of the molecule is COC(=O)c1ncc(CN(C(=O)OC(C)(C)C)C(=O)OC(C)(C)C)c2c1cnn2COCC[Si](C)(C)C. The standard InChI is InChI=1S/C25H40N4O7Si/c1-24(2,3)35-22(31)28(23(32)36-25(4,5)6)15-17-13-26-19(21(30)33-7)18-14-27-29(20(17)18)16-34-11-12-37(8,9)10/h13-14H,11-12,15-16H2,1-10H3. The number of hydrogen-bond donors (Lipinski definition) is 0. The van der Waals surface area contributed by atoms with Crippen LogP contribution in [0, 0.1) is 0 Å². The number of esters is 1. The van der Waals surface area contributed by atoms with Crippen LogP contribution in [-0.2, 0) is 32.2 Å². The van der Waals surface area contributed by atoms with Crippen LogP contribution in [-0.4, -0.2) is 70.8 Å². The van der Waals surface area contributed by atoms with Crippen molar-refractivity contribution in [1.29, 1.82) is 0 Å². The third kappa shape index (κ3) is 9.11. The minimum absolute atomic E-state index is 0.0654. The molecular weight excluding hydrogens is 496 g/mol. The lowest BCUT2D eigenvalue weighted by molar-refractivity contribution is -0.000260. The van der Waals surface area contributed by atoms with Crippen LogP contribution < -0.4 is 0 Å². The summed E-state index contributed by atoms with van der Waals surface area (Å²) in [6, 6.07) is 0.971. The number of rotatable bonds is 8. The lowest BCUT2D eigenvalue weighted by Gasteiger charge is -2.28. The number of nitrogens with zero attached hydrogens (tertiary/aromatic N) is 4. The van der Waals surface area contributed by atoms with E-state index in [-0.39, 0.29) is 19.0 Å². The minimum atomic E-state index is -1.29. The van der Waals surface area contributed by atoms with Crippen molar-refractivity contribution in [1.82, 2.24) is 19.7 Å². The van der Waals surface area contributed by atoms with Crippen molar-refractivity contribution < 1.29 is 33.3 Å². The van der Waals surface area contributed by atoms with Crippen molar-refractivity contribution >= 4 is 37.1 Å². The molecule has 0 aliphatic carbocycles. The lowest BCUT2D eigenvalue weighted by atomic mass is 10.1. The van der Waals surface area contributed by atoms with Gasteiger partial charge in [0, 0.05) is 26.4 Å². The molecule has 0 radical (unpaired) electrons. The molecule has 2 amide bonds. The predicted octanol–water partition coefficient (Wildman–Crippen LogP) is 5.20. The van der Waals surface area contributed by atoms with E-state index in [4.69, 9.17) is 18.9 Å². The first-order valence-electron chi connectivity index (χ1n) is 12.1. The molecule has 0 aromatic carbocycles. The maximum atomic E-state index is 13.0. The number of hydrogen-bond acceptors (Lipinski definition) is 9. The Morgan fingerprint density at radius 3 is 2.03 bits per heavy atom. The number of aromatic nitrogens is 3. The number of amides is 2. The topological polar surface area (TPSA) is 122 Å². The second-order valence-electron chi connectivity index (χ2n) is 11.9. The molecule has 0 saturated carbocycles. The van der Waals surface area contributed by atoms with Crippen LogP contribution in [0.3, 0.4) is 0 Å². The Hall–Kier alpha value is -2.99. The number of methoxy groups -OCH3 is 1. The molecule has 0 aliphatic heterocycles. The summed E-state index contributed by atoms with van der Waals surface area (Å²) < 4.78 is 23.3. The first kappa shape index (κ1) is 30.2. The highest BCUT2D eigenvalue weighted by molar-refractivity contribution is 6.76. The van der Waals surface area contributed by atoms with Gasteiger partial charge in [0.15, 0.2) is 5.69 Å². The van der Waals surface area contributed by atoms with E-state index >= 15 is 0 Å². The van der Waals surface area contributed by atoms with E-state index in [0.717, 1.165) is 10.9 Å². The fourth-order valence-electron chi connectivity index (χ4n) is 3.18. The molecule has 12 heteroatoms. The number of fused-ring (bicyclic) bond motifs is 1. The fraction of sp³-hybridized carbons (Fsp3) is 0.640. The summed E-state index contributed by atoms with van der Waals surface area (Å²) in [4.78, 5) is 43.6. The molecule has 2 rings (SSSR count). The molecule has 2 aromatic heterocycles. The molecule has 0 bridgehead atoms. The molecule has 2 aromatic rings. The Morgan fingerprint density at radius 1 is 0.973 bits per heavy atom. The van der Waals surface area contributed by atoms with Gasteiger partial charge in [0.1, 0.15) is 17.9 Å². The zero-order valence-electron chi connectivity index (χ0n) is 23.6. The van der Waals surface area contributed by atoms with Crippen molar-refractivity contribution in [2.45, 2.75) is 91.7 Å². The van der Waals surface area contributed by atoms with Gasteiger partial charge in [-0.2, -0.15) is 5.10 Å². The molecule has 37 heavy (non-hydrogen) atoms. The normalized spacial score (nSPS) is 12.4. The van der Waals surface area contributed by atoms with E-state index in [0.29, 0.717) is 23.1 Å². The quantitative estimate of drug-likeness (QED) is 0.194. The van der Waals surface area contributed by atoms with Crippen molar-refractivity contribution in [3.8, 4) is 0 Å². The zero-order chi connectivity index (χ0) is 28.2. The second kappa shape index (κ2) is 11.6. The third-order valence-electron chi connectivity index (χ3n) is 4.89. The molecule has 2 heterocycles. The van der Waals surface area contributed by atoms with E-state index in [2.05, 4.69) is 29.7 Å². The summed E-state index contributed by atoms with van der Waals surface area (Å²) in [5, 5.41) is 4.80. The van der Waals surface area contributed by atoms with Crippen molar-refractivity contribution in [2.75, 3.05) is 13.7 Å². The van der Waals surface area contributed by atoms with Gasteiger partial charge in [-0.3, -0.25) is 0 Å². The van der Waals surface area contributed by atoms with Crippen molar-refractivity contribution in [3.05, 3.63) is 23.7 Å². The Labute approximate surface area is 219 Å². The molecule has 0 atom stereocenters. The summed E-state index contributed by atoms with van der Waals surface area (Å²) in [6.07, 6.45) is 1.16. The van der Waals surface area contributed by atoms with Crippen LogP contribution in [0.1, 0.15) is 57.6 Å². The summed E-state index contributed by atoms with van der Waals surface area (Å²) in [5.74, 6) is -0.633. The number of carbonyl (C=O) groups is 3. The monoisotopic (exact) mass is 536 g/mol. The van der Waals surface area contributed by atoms with Gasteiger partial charge in [-0.05, 0) is 47.6 Å². The van der Waals surface area contributed by atoms with Crippen molar-refractivity contribution in [3.63, 3.8) is 0 Å². The van der Waals surface area contributed by atoms with Crippen LogP contribution in [0.25, 0.3) is 10.9 Å². The molecule has 0 fully saturated rings. The number of pyridine rings is 1. The highest BCUT2D eigenvalue weighted by Crippen LogP contribution is 2.25. The molecular formula is C25H40N4O7Si. The Balaban J connectivity index is 2.51. The summed E-state index contributed by atoms with van der Waals surface area (Å²) >= 11 is 0. The Kier molecular flexibility index (Phi) is 9.47. The molecule has 0 unspecified atom stereocenters. The van der Waals surface area contributed by atoms with Gasteiger partial charge in [0.05, 0.1) is 30.8 Å². The molecule has 206 valence electrons. The third-order valence-corrected chi connectivity index (χ3v) is 6.60. The first-order valence-corrected chi connectivity index (χ1v) is 15.9. The fourth-order valence-corrected chi connectivity index (χ4v) is 3.94. The smallest absolute Gasteiger partial charge is 0.420 e. The number of ether oxygens (including phenoxy) is 4. The van der Waals surface area contributed by atoms with Gasteiger partial charge in [-0.1, -0.05) is 19.6 Å². The Morgan fingerprint density at radius 2 is 1.54 bits per heavy atom. The zero-order valence-corrected chi connectivity index (χ0v) is 24.6. The van der Waals surface area contributed by atoms with Gasteiger partial charge in [-0.15, -0.1) is 0 Å². The van der Waals surface area contributed by atoms with Gasteiger partial charge in [0.2, 0.25) is 0 Å². The predicted molar refractivity (Wildman–Crippen MR) is 141 cm³/mol. The average Bonchev–Trinajstić information content (AvgIpc) is 3.15. The van der Waals surface area contributed by atoms with Gasteiger partial charge in [0.25, 0.3) is 0 Å². The van der Waals surface area contributed by atoms with Crippen LogP contribution in [0.5, 0.6) is 0 Å². The highest BCUT2D eigenvalue weighted by atomic mass is 28.3. The maximum absolute atomic E-state index is 13.0. The van der Waals surface area contributed by atoms with E-state index in [1.807, 2.05) is 0 Å². The van der Waals surface area contributed by atoms with Crippen LogP contribution in [0.15, 0.2) is 12.4 Å². The number of carbonyl (C=O) groups excluding carboxylic acids is 3. The van der Waals surface area contributed by atoms with Crippen molar-refractivity contribution in [2.24, 2.45) is 0 Å². The molecule has 0 spiro atoms. The van der Waals surface area contributed by atoms with E-state index in [9.17, 15) is 14.4 Å². The number of imide groups is 1. The summed E-state index contributed by atoms with van der Waals surface area (Å²) in [7, 11) is -0.0302. The van der Waals surface area contributed by atoms with E-state index < -0.39 is 37.4 Å². The first-order chi connectivity index (χ1) is 16.9. The second-order valence-corrected chi connectivity index (χ2v) is 17.5. The highest BCUT2D eigenvalue weighted by Gasteiger charge is 2.32. The van der Waals surface area contributed by atoms with Crippen LogP contribution >= 0.6 is 0 Å². The summed E-state index contributed by atoms with van der Waals surface area (Å²) in [5.41, 5.74) is -0.682. The van der Waals surface area contributed by atoms with E-state index in [1.165, 1.54) is 19.5 Å². The van der Waals surface area contributed by atoms with Gasteiger partial charge < -0.3 is 18.9 Å². The molecule has 0 N–H and O–H groups in total. The average molecular weight is 537 g/mol. The van der Waals surface area contributed by atoms with Crippen LogP contribution in [0.2, 0.25) is 25.7 Å². The minimum Gasteiger partial charge on any atom is -0.464 e. The summed E-state index contributed by atoms with van der Waals surface area (Å²) in [6.45, 7) is 17.4. The molecule has 11 nitrogen and oxygen atoms in total. The van der Waals surface area contributed by atoms with E-state index in [1.54, 1.807) is 46.2 Å². The Bertz CT molecular complexity index is 1100. The lowest BCUT2D eigenvalue weighted by Crippen LogP contribution is -2.43. The van der Waals surface area contributed by atoms with Gasteiger partial charge in [-0.25, -0.2) is 28.9 Å². The largest absolute Gasteiger partial charge is 0.464 e. The maximum Gasteiger partial charge on any atom is 0.420 e.